The lowest BCUT2D eigenvalue weighted by Gasteiger charge is -2.38. The molecule has 127 heavy (non-hydrogen) atoms. The van der Waals surface area contributed by atoms with Gasteiger partial charge >= 0.3 is 11.9 Å². The Morgan fingerprint density at radius 3 is 1.62 bits per heavy atom. The third kappa shape index (κ3) is 28.2. The molecule has 2 fully saturated rings. The third-order valence-corrected chi connectivity index (χ3v) is 23.5. The number of unbranched alkanes of at least 4 members (excludes halogenated alkanes) is 1. The van der Waals surface area contributed by atoms with E-state index in [1.54, 1.807) is 105 Å². The molecule has 0 saturated carbocycles. The van der Waals surface area contributed by atoms with Crippen LogP contribution >= 0.6 is 11.8 Å². The summed E-state index contributed by atoms with van der Waals surface area (Å²) in [6.07, 6.45) is 0.535. The number of nitrogens with zero attached hydrogens (tertiary/aromatic N) is 5. The molecule has 2 aliphatic rings. The second-order valence-electron chi connectivity index (χ2n) is 32.1. The van der Waals surface area contributed by atoms with E-state index in [0.29, 0.717) is 70.8 Å². The quantitative estimate of drug-likeness (QED) is 0.0193. The number of fused-ring (bicyclic) bond motifs is 1. The maximum atomic E-state index is 15.3. The number of hydrogen-bond acceptors (Lipinski definition) is 20. The van der Waals surface area contributed by atoms with Crippen LogP contribution in [0.4, 0.5) is 13.2 Å². The van der Waals surface area contributed by atoms with Crippen molar-refractivity contribution in [3.05, 3.63) is 173 Å². The monoisotopic (exact) mass is 1780 g/mol. The fraction of sp³-hybridized carbons (Fsp3) is 0.461. The molecule has 0 unspecified atom stereocenters. The zero-order valence-corrected chi connectivity index (χ0v) is 72.3. The SMILES string of the molecule is CCCC[C@@H](C(=O)N1CCC[C@@H]1C(=O)N[C@H](C=O)CC(=O)O)N(C)C(=O)[C@H](Cc1ccccc1)N(C)C(=O)[C@H](Cc1cc(F)c(F)c(F)c1)NC(=O)CSC[C@@H](C=O)NC(=O)[C@H](CCCN)NC(=O)[C@H](Cc1ccc(O)cc1)NC(=O)[C@H](Cc1c[nH]c2ccccc12)NC(=O)[C@H]1CCCN1C(=O)[C@H](CC(=O)O)NC(=O)[C@H](Cc1ccccc1)N(C)C(=O)[C@@H](N)C(C)C. The molecule has 34 nitrogen and oxygen atoms in total. The van der Waals surface area contributed by atoms with E-state index in [0.717, 1.165) is 31.4 Å². The van der Waals surface area contributed by atoms with Crippen molar-refractivity contribution in [1.29, 1.82) is 0 Å². The van der Waals surface area contributed by atoms with E-state index in [4.69, 9.17) is 11.5 Å². The number of thioether (sulfide) groups is 1. The highest BCUT2D eigenvalue weighted by Gasteiger charge is 2.45. The first-order valence-corrected chi connectivity index (χ1v) is 43.2. The zero-order chi connectivity index (χ0) is 92.9. The number of carbonyl (C=O) groups is 16. The van der Waals surface area contributed by atoms with Gasteiger partial charge in [0.15, 0.2) is 17.5 Å². The van der Waals surface area contributed by atoms with Crippen molar-refractivity contribution >= 4 is 118 Å². The van der Waals surface area contributed by atoms with Crippen molar-refractivity contribution in [1.82, 2.24) is 66.7 Å². The normalized spacial score (nSPS) is 16.3. The van der Waals surface area contributed by atoms with Gasteiger partial charge in [0.2, 0.25) is 70.9 Å². The molecule has 0 bridgehead atoms. The number of benzene rings is 5. The predicted octanol–water partition coefficient (Wildman–Crippen LogP) is 2.65. The second-order valence-corrected chi connectivity index (χ2v) is 33.1. The van der Waals surface area contributed by atoms with Crippen molar-refractivity contribution in [3.8, 4) is 5.75 Å². The topological polar surface area (TPSA) is 502 Å². The van der Waals surface area contributed by atoms with E-state index in [2.05, 4.69) is 42.2 Å². The molecule has 38 heteroatoms. The Kier molecular flexibility index (Phi) is 37.9. The van der Waals surface area contributed by atoms with Gasteiger partial charge in [-0.05, 0) is 116 Å². The number of carbonyl (C=O) groups excluding carboxylic acids is 14. The molecular weight excluding hydrogens is 1670 g/mol. The van der Waals surface area contributed by atoms with E-state index in [1.165, 1.54) is 50.3 Å². The van der Waals surface area contributed by atoms with Crippen LogP contribution in [0, 0.1) is 23.4 Å². The van der Waals surface area contributed by atoms with Crippen LogP contribution < -0.4 is 48.7 Å². The summed E-state index contributed by atoms with van der Waals surface area (Å²) < 4.78 is 44.5. The van der Waals surface area contributed by atoms with E-state index in [9.17, 15) is 86.0 Å². The molecule has 2 aliphatic heterocycles. The van der Waals surface area contributed by atoms with Gasteiger partial charge in [-0.3, -0.25) is 67.1 Å². The third-order valence-electron chi connectivity index (χ3n) is 22.5. The molecule has 0 radical (unpaired) electrons. The number of aldehydes is 2. The maximum Gasteiger partial charge on any atom is 0.305 e. The lowest BCUT2D eigenvalue weighted by molar-refractivity contribution is -0.152. The number of likely N-dealkylation sites (tertiary alicyclic amines) is 2. The number of halogens is 3. The molecule has 6 aromatic rings. The Morgan fingerprint density at radius 1 is 0.535 bits per heavy atom. The van der Waals surface area contributed by atoms with Crippen molar-refractivity contribution in [2.75, 3.05) is 52.3 Å². The van der Waals surface area contributed by atoms with Gasteiger partial charge < -0.3 is 103 Å². The van der Waals surface area contributed by atoms with Crippen LogP contribution in [0.1, 0.15) is 119 Å². The lowest BCUT2D eigenvalue weighted by atomic mass is 9.99. The number of H-pyrrole nitrogens is 1. The summed E-state index contributed by atoms with van der Waals surface area (Å²) in [6.45, 7) is 5.21. The number of amides is 12. The number of likely N-dealkylation sites (N-methyl/N-ethyl adjacent to an activating group) is 3. The molecule has 3 heterocycles. The van der Waals surface area contributed by atoms with Gasteiger partial charge in [0.05, 0.1) is 36.7 Å². The Morgan fingerprint density at radius 2 is 1.05 bits per heavy atom. The molecule has 8 rings (SSSR count). The summed E-state index contributed by atoms with van der Waals surface area (Å²) in [4.78, 5) is 233. The summed E-state index contributed by atoms with van der Waals surface area (Å²) in [5.74, 6) is -19.9. The predicted molar refractivity (Wildman–Crippen MR) is 461 cm³/mol. The Bertz CT molecular complexity index is 4860. The minimum atomic E-state index is -1.84. The molecule has 0 spiro atoms. The summed E-state index contributed by atoms with van der Waals surface area (Å²) in [6, 6.07) is 12.0. The highest BCUT2D eigenvalue weighted by molar-refractivity contribution is 8.00. The number of aliphatic carboxylic acids is 2. The van der Waals surface area contributed by atoms with Gasteiger partial charge in [0, 0.05) is 89.2 Å². The first kappa shape index (κ1) is 99.8. The molecule has 684 valence electrons. The summed E-state index contributed by atoms with van der Waals surface area (Å²) in [5.41, 5.74) is 14.5. The van der Waals surface area contributed by atoms with Crippen molar-refractivity contribution in [3.63, 3.8) is 0 Å². The van der Waals surface area contributed by atoms with Gasteiger partial charge in [-0.2, -0.15) is 0 Å². The van der Waals surface area contributed by atoms with E-state index < -0.39 is 204 Å². The molecule has 12 amide bonds. The lowest BCUT2D eigenvalue weighted by Crippen LogP contribution is -2.60. The molecule has 15 N–H and O–H groups in total. The Hall–Kier alpha value is -12.6. The fourth-order valence-electron chi connectivity index (χ4n) is 15.3. The summed E-state index contributed by atoms with van der Waals surface area (Å²) in [7, 11) is 3.93. The van der Waals surface area contributed by atoms with Crippen LogP contribution in [0.5, 0.6) is 5.75 Å². The Labute approximate surface area is 736 Å². The standard InChI is InChI=1S/C89H112F3N15O19S/c1-7-8-27-71(88(125)107-36-19-28-69(107)82(119)96-57(47-108)44-75(112)113)103(4)87(124)73(42-53-22-13-10-14-23-53)105(6)85(122)67(40-55-37-61(90)77(92)62(91)38-55)98-74(111)50-127-49-58(48-109)97-79(116)64(26-17-34-93)99-80(117)65(39-54-30-32-59(110)33-31-54)100-81(118)66(43-56-46-95-63-25-16-15-24-60(56)63)101-83(120)70-29-18-35-106(70)86(123)68(45-76(114)115)102-84(121)72(41-52-20-11-9-12-21-52)104(5)89(126)78(94)51(2)3/h9-16,20-25,30-33,37-38,46-48,51,57-58,64-73,78,95,110H,7-8,17-19,26-29,34-36,39-45,49-50,93-94H2,1-6H3,(H,96,119)(H,97,116)(H,98,111)(H,99,117)(H,100,118)(H,101,120)(H,102,121)(H,112,113)(H,114,115)/t57-,58+,64-,65-,66-,67-,68-,69+,70+,71-,72-,73-,78-/m0/s1. The number of phenolic OH excluding ortho intramolecular Hbond substituents is 1. The van der Waals surface area contributed by atoms with Gasteiger partial charge in [0.1, 0.15) is 78.7 Å². The highest BCUT2D eigenvalue weighted by atomic mass is 32.2. The summed E-state index contributed by atoms with van der Waals surface area (Å²) in [5, 5.41) is 48.7. The number of hydrogen-bond donors (Lipinski definition) is 13. The van der Waals surface area contributed by atoms with Crippen LogP contribution in [0.15, 0.2) is 128 Å². The van der Waals surface area contributed by atoms with Crippen molar-refractivity contribution in [2.45, 2.75) is 202 Å². The zero-order valence-electron chi connectivity index (χ0n) is 71.5. The van der Waals surface area contributed by atoms with Crippen LogP contribution in [0.3, 0.4) is 0 Å². The number of carboxylic acid groups (broad SMARTS) is 2. The molecule has 0 aliphatic carbocycles. The van der Waals surface area contributed by atoms with Gasteiger partial charge in [0.25, 0.3) is 0 Å². The number of nitrogens with one attached hydrogen (secondary N) is 8. The van der Waals surface area contributed by atoms with Crippen molar-refractivity contribution in [2.24, 2.45) is 17.4 Å². The van der Waals surface area contributed by atoms with Crippen LogP contribution in [0.25, 0.3) is 10.9 Å². The summed E-state index contributed by atoms with van der Waals surface area (Å²) >= 11 is 0.755. The number of rotatable bonds is 48. The average molecular weight is 1790 g/mol. The van der Waals surface area contributed by atoms with E-state index in [1.807, 2.05) is 6.92 Å². The molecule has 5 aromatic carbocycles. The number of aromatic nitrogens is 1. The van der Waals surface area contributed by atoms with Crippen molar-refractivity contribution < 1.29 is 105 Å². The van der Waals surface area contributed by atoms with E-state index in [-0.39, 0.29) is 113 Å². The molecule has 2 saturated heterocycles. The number of phenols is 1. The minimum Gasteiger partial charge on any atom is -0.508 e. The molecule has 1 aromatic heterocycles. The number of aromatic amines is 1. The highest BCUT2D eigenvalue weighted by Crippen LogP contribution is 2.28. The molecule has 13 atom stereocenters. The largest absolute Gasteiger partial charge is 0.508 e. The van der Waals surface area contributed by atoms with Crippen LogP contribution in [-0.2, 0) is 109 Å². The average Bonchev–Trinajstić information content (AvgIpc) is 1.52. The van der Waals surface area contributed by atoms with E-state index >= 15 is 19.2 Å². The first-order valence-electron chi connectivity index (χ1n) is 42.0. The number of nitrogens with two attached hydrogens (primary N) is 2. The first-order chi connectivity index (χ1) is 60.6. The van der Waals surface area contributed by atoms with Crippen LogP contribution in [0.2, 0.25) is 0 Å². The number of para-hydroxylation sites is 1. The number of carboxylic acids is 2. The van der Waals surface area contributed by atoms with Crippen LogP contribution in [-0.4, -0.2) is 271 Å². The van der Waals surface area contributed by atoms with Gasteiger partial charge in [-0.15, -0.1) is 11.8 Å². The maximum absolute atomic E-state index is 15.3. The molecular formula is C89H112F3N15O19S. The minimum absolute atomic E-state index is 0.00106. The fourth-order valence-corrected chi connectivity index (χ4v) is 16.1. The smallest absolute Gasteiger partial charge is 0.305 e. The second kappa shape index (κ2) is 48.2. The number of aromatic hydroxyl groups is 1. The van der Waals surface area contributed by atoms with Gasteiger partial charge in [-0.1, -0.05) is 125 Å². The van der Waals surface area contributed by atoms with Gasteiger partial charge in [-0.25, -0.2) is 13.2 Å². The Balaban J connectivity index is 0.996.